The first-order valence-corrected chi connectivity index (χ1v) is 8.57. The number of aliphatic hydroxyl groups is 1. The van der Waals surface area contributed by atoms with E-state index in [2.05, 4.69) is 15.3 Å². The number of nitrogens with zero attached hydrogens (tertiary/aromatic N) is 1. The average Bonchev–Trinajstić information content (AvgIpc) is 3.23. The van der Waals surface area contributed by atoms with E-state index in [1.807, 2.05) is 17.5 Å². The molecule has 9 heteroatoms. The maximum Gasteiger partial charge on any atom is 0.458 e. The van der Waals surface area contributed by atoms with Crippen LogP contribution in [-0.2, 0) is 22.6 Å². The maximum absolute atomic E-state index is 12.8. The summed E-state index contributed by atoms with van der Waals surface area (Å²) in [4.78, 5) is 17.1. The van der Waals surface area contributed by atoms with E-state index in [9.17, 15) is 23.1 Å². The number of thiophene rings is 1. The summed E-state index contributed by atoms with van der Waals surface area (Å²) < 4.78 is 38.4. The predicted molar refractivity (Wildman–Crippen MR) is 89.6 cm³/mol. The molecule has 2 N–H and O–H groups in total. The second kappa shape index (κ2) is 7.08. The summed E-state index contributed by atoms with van der Waals surface area (Å²) in [6.45, 7) is 0.232. The van der Waals surface area contributed by atoms with Gasteiger partial charge in [-0.15, -0.1) is 11.3 Å². The molecular formula is C17H15F3N2O3S. The van der Waals surface area contributed by atoms with Crippen molar-refractivity contribution in [2.24, 2.45) is 5.16 Å². The first-order valence-electron chi connectivity index (χ1n) is 7.69. The summed E-state index contributed by atoms with van der Waals surface area (Å²) in [6, 6.07) is 10.3. The minimum atomic E-state index is -4.94. The Bertz CT molecular complexity index is 821. The van der Waals surface area contributed by atoms with Gasteiger partial charge in [-0.3, -0.25) is 4.79 Å². The Hall–Kier alpha value is -2.39. The van der Waals surface area contributed by atoms with E-state index in [0.29, 0.717) is 11.1 Å². The van der Waals surface area contributed by atoms with E-state index < -0.39 is 18.4 Å². The Morgan fingerprint density at radius 1 is 1.35 bits per heavy atom. The molecule has 0 fully saturated rings. The van der Waals surface area contributed by atoms with E-state index in [4.69, 9.17) is 0 Å². The van der Waals surface area contributed by atoms with Crippen molar-refractivity contribution in [1.82, 2.24) is 5.32 Å². The predicted octanol–water partition coefficient (Wildman–Crippen LogP) is 2.98. The first kappa shape index (κ1) is 18.4. The molecule has 1 unspecified atom stereocenters. The highest BCUT2D eigenvalue weighted by molar-refractivity contribution is 7.10. The number of carbonyl (C=O) groups excluding carboxylic acids is 1. The van der Waals surface area contributed by atoms with Gasteiger partial charge in [-0.05, 0) is 28.6 Å². The third kappa shape index (κ3) is 4.05. The Morgan fingerprint density at radius 3 is 2.81 bits per heavy atom. The van der Waals surface area contributed by atoms with Crippen molar-refractivity contribution in [3.05, 3.63) is 57.8 Å². The third-order valence-corrected chi connectivity index (χ3v) is 4.70. The van der Waals surface area contributed by atoms with Gasteiger partial charge in [-0.2, -0.15) is 13.2 Å². The molecule has 138 valence electrons. The van der Waals surface area contributed by atoms with Crippen molar-refractivity contribution in [2.45, 2.75) is 31.3 Å². The maximum atomic E-state index is 12.8. The molecule has 1 atom stereocenters. The smallest absolute Gasteiger partial charge is 0.352 e. The van der Waals surface area contributed by atoms with Crippen LogP contribution in [0.1, 0.15) is 22.4 Å². The number of alkyl halides is 3. The van der Waals surface area contributed by atoms with Gasteiger partial charge < -0.3 is 15.3 Å². The Morgan fingerprint density at radius 2 is 2.15 bits per heavy atom. The molecule has 3 rings (SSSR count). The van der Waals surface area contributed by atoms with Crippen LogP contribution in [0.3, 0.4) is 0 Å². The minimum absolute atomic E-state index is 0.00316. The Kier molecular flexibility index (Phi) is 5.01. The fourth-order valence-corrected chi connectivity index (χ4v) is 3.13. The van der Waals surface area contributed by atoms with Gasteiger partial charge in [0.05, 0.1) is 18.6 Å². The second-order valence-electron chi connectivity index (χ2n) is 5.82. The lowest BCUT2D eigenvalue weighted by Gasteiger charge is -2.22. The Labute approximate surface area is 151 Å². The molecule has 0 saturated carbocycles. The van der Waals surface area contributed by atoms with Crippen molar-refractivity contribution in [2.75, 3.05) is 0 Å². The van der Waals surface area contributed by atoms with E-state index in [1.165, 1.54) is 11.3 Å². The van der Waals surface area contributed by atoms with Crippen molar-refractivity contribution in [1.29, 1.82) is 0 Å². The summed E-state index contributed by atoms with van der Waals surface area (Å²) in [7, 11) is 0. The van der Waals surface area contributed by atoms with Gasteiger partial charge in [0.15, 0.2) is 0 Å². The number of carbonyl (C=O) groups is 1. The van der Waals surface area contributed by atoms with Crippen LogP contribution in [0.25, 0.3) is 0 Å². The van der Waals surface area contributed by atoms with Crippen LogP contribution < -0.4 is 5.32 Å². The van der Waals surface area contributed by atoms with Gasteiger partial charge in [0, 0.05) is 11.4 Å². The number of amides is 1. The fraction of sp³-hybridized carbons (Fsp3) is 0.294. The largest absolute Gasteiger partial charge is 0.458 e. The zero-order valence-corrected chi connectivity index (χ0v) is 14.2. The van der Waals surface area contributed by atoms with Gasteiger partial charge in [-0.25, -0.2) is 0 Å². The zero-order valence-electron chi connectivity index (χ0n) is 13.4. The average molecular weight is 384 g/mol. The molecule has 2 heterocycles. The third-order valence-electron chi connectivity index (χ3n) is 3.82. The fourth-order valence-electron chi connectivity index (χ4n) is 2.42. The summed E-state index contributed by atoms with van der Waals surface area (Å²) in [5.74, 6) is -3.45. The van der Waals surface area contributed by atoms with Crippen molar-refractivity contribution >= 4 is 23.0 Å². The summed E-state index contributed by atoms with van der Waals surface area (Å²) in [6.07, 6.45) is -5.45. The normalized spacial score (nSPS) is 19.8. The van der Waals surface area contributed by atoms with Gasteiger partial charge in [0.25, 0.3) is 0 Å². The van der Waals surface area contributed by atoms with Gasteiger partial charge >= 0.3 is 12.0 Å². The topological polar surface area (TPSA) is 70.9 Å². The van der Waals surface area contributed by atoms with Crippen molar-refractivity contribution in [3.63, 3.8) is 0 Å². The molecule has 1 amide bonds. The van der Waals surface area contributed by atoms with Crippen LogP contribution in [0.2, 0.25) is 0 Å². The summed E-state index contributed by atoms with van der Waals surface area (Å²) >= 11 is 1.49. The van der Waals surface area contributed by atoms with Gasteiger partial charge in [0.2, 0.25) is 5.91 Å². The lowest BCUT2D eigenvalue weighted by Crippen LogP contribution is -2.45. The monoisotopic (exact) mass is 384 g/mol. The van der Waals surface area contributed by atoms with Crippen molar-refractivity contribution in [3.8, 4) is 0 Å². The number of halogens is 3. The molecule has 0 radical (unpaired) electrons. The summed E-state index contributed by atoms with van der Waals surface area (Å²) in [5.41, 5.74) is 1.10. The lowest BCUT2D eigenvalue weighted by atomic mass is 10.0. The molecule has 1 aromatic carbocycles. The van der Waals surface area contributed by atoms with Crippen LogP contribution in [0, 0.1) is 0 Å². The standard InChI is InChI=1S/C17H15F3N2O3S/c18-17(19,20)16(24)9-14(22-25-16)12-4-1-3-11(7-12)10-21-15(23)8-13-5-2-6-26-13/h1-7,24H,8-10H2,(H,21,23). The van der Waals surface area contributed by atoms with Crippen LogP contribution in [0.5, 0.6) is 0 Å². The van der Waals surface area contributed by atoms with Crippen molar-refractivity contribution < 1.29 is 27.9 Å². The van der Waals surface area contributed by atoms with E-state index in [-0.39, 0.29) is 24.6 Å². The van der Waals surface area contributed by atoms with E-state index in [0.717, 1.165) is 4.88 Å². The number of oxime groups is 1. The second-order valence-corrected chi connectivity index (χ2v) is 6.85. The van der Waals surface area contributed by atoms with Crippen LogP contribution in [-0.4, -0.2) is 28.7 Å². The van der Waals surface area contributed by atoms with Crippen LogP contribution in [0.15, 0.2) is 46.9 Å². The zero-order chi connectivity index (χ0) is 18.8. The number of hydrogen-bond acceptors (Lipinski definition) is 5. The number of benzene rings is 1. The molecule has 0 saturated heterocycles. The van der Waals surface area contributed by atoms with Crippen LogP contribution in [0.4, 0.5) is 13.2 Å². The SMILES string of the molecule is O=C(Cc1cccs1)NCc1cccc(C2=NOC(O)(C(F)(F)F)C2)c1. The molecule has 2 aromatic rings. The molecule has 1 aromatic heterocycles. The van der Waals surface area contributed by atoms with Gasteiger partial charge in [0.1, 0.15) is 0 Å². The molecule has 5 nitrogen and oxygen atoms in total. The first-order chi connectivity index (χ1) is 12.3. The molecular weight excluding hydrogens is 369 g/mol. The molecule has 0 aliphatic carbocycles. The molecule has 0 bridgehead atoms. The van der Waals surface area contributed by atoms with E-state index in [1.54, 1.807) is 24.3 Å². The minimum Gasteiger partial charge on any atom is -0.352 e. The quantitative estimate of drug-likeness (QED) is 0.833. The molecule has 26 heavy (non-hydrogen) atoms. The highest BCUT2D eigenvalue weighted by atomic mass is 32.1. The van der Waals surface area contributed by atoms with Gasteiger partial charge in [-0.1, -0.05) is 29.4 Å². The summed E-state index contributed by atoms with van der Waals surface area (Å²) in [5, 5.41) is 17.5. The Balaban J connectivity index is 1.61. The molecule has 0 spiro atoms. The number of nitrogens with one attached hydrogen (secondary N) is 1. The van der Waals surface area contributed by atoms with E-state index >= 15 is 0 Å². The number of rotatable bonds is 5. The molecule has 1 aliphatic rings. The number of hydrogen-bond donors (Lipinski definition) is 2. The van der Waals surface area contributed by atoms with Crippen LogP contribution >= 0.6 is 11.3 Å². The molecule has 1 aliphatic heterocycles. The highest BCUT2D eigenvalue weighted by Gasteiger charge is 2.60. The lowest BCUT2D eigenvalue weighted by molar-refractivity contribution is -0.355. The highest BCUT2D eigenvalue weighted by Crippen LogP contribution is 2.38.